The molecule has 0 bridgehead atoms. The zero-order chi connectivity index (χ0) is 12.1. The van der Waals surface area contributed by atoms with E-state index in [4.69, 9.17) is 0 Å². The zero-order valence-corrected chi connectivity index (χ0v) is 13.3. The van der Waals surface area contributed by atoms with E-state index in [1.54, 1.807) is 0 Å². The van der Waals surface area contributed by atoms with E-state index in [0.717, 1.165) is 32.1 Å². The van der Waals surface area contributed by atoms with E-state index in [1.165, 1.54) is 12.0 Å². The predicted molar refractivity (Wildman–Crippen MR) is 85.4 cm³/mol. The number of halogens is 2. The Morgan fingerprint density at radius 2 is 1.95 bits per heavy atom. The van der Waals surface area contributed by atoms with Gasteiger partial charge < -0.3 is 5.32 Å². The SMILES string of the molecule is CC(C)C[C@H](c1cccnc1)N1CCNCC1.Cl.Cl. The van der Waals surface area contributed by atoms with Gasteiger partial charge >= 0.3 is 0 Å². The van der Waals surface area contributed by atoms with Crippen LogP contribution in [-0.4, -0.2) is 36.1 Å². The molecule has 0 amide bonds. The van der Waals surface area contributed by atoms with Crippen molar-refractivity contribution in [3.63, 3.8) is 0 Å². The quantitative estimate of drug-likeness (QED) is 0.927. The summed E-state index contributed by atoms with van der Waals surface area (Å²) in [5.41, 5.74) is 1.36. The molecule has 1 aromatic rings. The molecule has 0 saturated carbocycles. The van der Waals surface area contributed by atoms with Crippen LogP contribution in [0.25, 0.3) is 0 Å². The van der Waals surface area contributed by atoms with Crippen LogP contribution in [0.3, 0.4) is 0 Å². The van der Waals surface area contributed by atoms with Gasteiger partial charge in [-0.15, -0.1) is 24.8 Å². The first-order valence-corrected chi connectivity index (χ1v) is 6.62. The smallest absolute Gasteiger partial charge is 0.0366 e. The number of nitrogens with one attached hydrogen (secondary N) is 1. The fraction of sp³-hybridized carbons (Fsp3) is 0.643. The number of nitrogens with zero attached hydrogens (tertiary/aromatic N) is 2. The Balaban J connectivity index is 0.00000162. The summed E-state index contributed by atoms with van der Waals surface area (Å²) in [4.78, 5) is 6.86. The molecule has 0 unspecified atom stereocenters. The molecule has 1 aliphatic rings. The van der Waals surface area contributed by atoms with Crippen molar-refractivity contribution in [2.45, 2.75) is 26.3 Å². The number of aromatic nitrogens is 1. The van der Waals surface area contributed by atoms with E-state index < -0.39 is 0 Å². The van der Waals surface area contributed by atoms with Crippen molar-refractivity contribution in [3.05, 3.63) is 30.1 Å². The Bertz CT molecular complexity index is 327. The van der Waals surface area contributed by atoms with E-state index in [-0.39, 0.29) is 24.8 Å². The highest BCUT2D eigenvalue weighted by Crippen LogP contribution is 2.27. The third-order valence-electron chi connectivity index (χ3n) is 3.36. The Labute approximate surface area is 129 Å². The monoisotopic (exact) mass is 305 g/mol. The van der Waals surface area contributed by atoms with Crippen LogP contribution in [0.4, 0.5) is 0 Å². The average Bonchev–Trinajstić information content (AvgIpc) is 2.38. The van der Waals surface area contributed by atoms with Crippen molar-refractivity contribution in [1.29, 1.82) is 0 Å². The molecule has 0 spiro atoms. The first-order valence-electron chi connectivity index (χ1n) is 6.62. The summed E-state index contributed by atoms with van der Waals surface area (Å²) >= 11 is 0. The molecule has 1 fully saturated rings. The number of hydrogen-bond acceptors (Lipinski definition) is 3. The number of hydrogen-bond donors (Lipinski definition) is 1. The molecule has 0 radical (unpaired) electrons. The van der Waals surface area contributed by atoms with Crippen LogP contribution in [0.15, 0.2) is 24.5 Å². The van der Waals surface area contributed by atoms with Crippen molar-refractivity contribution in [3.8, 4) is 0 Å². The topological polar surface area (TPSA) is 28.2 Å². The highest BCUT2D eigenvalue weighted by Gasteiger charge is 2.22. The van der Waals surface area contributed by atoms with Gasteiger partial charge in [0.25, 0.3) is 0 Å². The third kappa shape index (κ3) is 5.65. The summed E-state index contributed by atoms with van der Waals surface area (Å²) in [5, 5.41) is 3.42. The maximum Gasteiger partial charge on any atom is 0.0366 e. The fourth-order valence-electron chi connectivity index (χ4n) is 2.51. The van der Waals surface area contributed by atoms with E-state index >= 15 is 0 Å². The second-order valence-corrected chi connectivity index (χ2v) is 5.22. The lowest BCUT2D eigenvalue weighted by atomic mass is 9.96. The first-order chi connectivity index (χ1) is 8.27. The average molecular weight is 306 g/mol. The largest absolute Gasteiger partial charge is 0.314 e. The van der Waals surface area contributed by atoms with Crippen LogP contribution in [0.1, 0.15) is 31.9 Å². The van der Waals surface area contributed by atoms with Crippen LogP contribution < -0.4 is 5.32 Å². The molecule has 1 saturated heterocycles. The van der Waals surface area contributed by atoms with E-state index in [2.05, 4.69) is 35.1 Å². The van der Waals surface area contributed by atoms with Gasteiger partial charge in [0.15, 0.2) is 0 Å². The second-order valence-electron chi connectivity index (χ2n) is 5.22. The van der Waals surface area contributed by atoms with Gasteiger partial charge in [-0.2, -0.15) is 0 Å². The first kappa shape index (κ1) is 18.7. The minimum Gasteiger partial charge on any atom is -0.314 e. The van der Waals surface area contributed by atoms with Gasteiger partial charge in [-0.25, -0.2) is 0 Å². The van der Waals surface area contributed by atoms with E-state index in [1.807, 2.05) is 18.5 Å². The van der Waals surface area contributed by atoms with Gasteiger partial charge in [0.05, 0.1) is 0 Å². The minimum atomic E-state index is 0. The van der Waals surface area contributed by atoms with Crippen molar-refractivity contribution < 1.29 is 0 Å². The molecular formula is C14H25Cl2N3. The Kier molecular flexibility index (Phi) is 9.36. The highest BCUT2D eigenvalue weighted by molar-refractivity contribution is 5.85. The second kappa shape index (κ2) is 9.54. The van der Waals surface area contributed by atoms with Crippen LogP contribution in [0, 0.1) is 5.92 Å². The van der Waals surface area contributed by atoms with Crippen LogP contribution >= 0.6 is 24.8 Å². The van der Waals surface area contributed by atoms with Gasteiger partial charge in [-0.05, 0) is 24.0 Å². The number of pyridine rings is 1. The lowest BCUT2D eigenvalue weighted by Crippen LogP contribution is -2.45. The number of rotatable bonds is 4. The van der Waals surface area contributed by atoms with E-state index in [0.29, 0.717) is 6.04 Å². The lowest BCUT2D eigenvalue weighted by molar-refractivity contribution is 0.154. The molecule has 0 aliphatic carbocycles. The molecular weight excluding hydrogens is 281 g/mol. The standard InChI is InChI=1S/C14H23N3.2ClH/c1-12(2)10-14(13-4-3-5-16-11-13)17-8-6-15-7-9-17;;/h3-5,11-12,14-15H,6-10H2,1-2H3;2*1H/t14-;;/m1../s1. The summed E-state index contributed by atoms with van der Waals surface area (Å²) in [6, 6.07) is 4.79. The summed E-state index contributed by atoms with van der Waals surface area (Å²) in [6.07, 6.45) is 5.09. The fourth-order valence-corrected chi connectivity index (χ4v) is 2.51. The van der Waals surface area contributed by atoms with Crippen molar-refractivity contribution in [2.24, 2.45) is 5.92 Å². The molecule has 110 valence electrons. The van der Waals surface area contributed by atoms with Gasteiger partial charge in [-0.3, -0.25) is 9.88 Å². The predicted octanol–water partition coefficient (Wildman–Crippen LogP) is 2.92. The van der Waals surface area contributed by atoms with Crippen LogP contribution in [0.5, 0.6) is 0 Å². The van der Waals surface area contributed by atoms with Gasteiger partial charge in [0, 0.05) is 44.6 Å². The normalized spacial score (nSPS) is 17.4. The Morgan fingerprint density at radius 3 is 2.47 bits per heavy atom. The maximum atomic E-state index is 4.27. The molecule has 2 rings (SSSR count). The summed E-state index contributed by atoms with van der Waals surface area (Å²) in [5.74, 6) is 0.718. The molecule has 5 heteroatoms. The number of piperazine rings is 1. The minimum absolute atomic E-state index is 0. The molecule has 1 aliphatic heterocycles. The Morgan fingerprint density at radius 1 is 1.26 bits per heavy atom. The third-order valence-corrected chi connectivity index (χ3v) is 3.36. The molecule has 3 nitrogen and oxygen atoms in total. The molecule has 0 aromatic carbocycles. The van der Waals surface area contributed by atoms with Gasteiger partial charge in [-0.1, -0.05) is 19.9 Å². The molecule has 19 heavy (non-hydrogen) atoms. The summed E-state index contributed by atoms with van der Waals surface area (Å²) in [6.45, 7) is 9.10. The van der Waals surface area contributed by atoms with Gasteiger partial charge in [0.2, 0.25) is 0 Å². The van der Waals surface area contributed by atoms with Crippen molar-refractivity contribution >= 4 is 24.8 Å². The molecule has 2 heterocycles. The van der Waals surface area contributed by atoms with Crippen molar-refractivity contribution in [2.75, 3.05) is 26.2 Å². The lowest BCUT2D eigenvalue weighted by Gasteiger charge is -2.36. The van der Waals surface area contributed by atoms with Crippen molar-refractivity contribution in [1.82, 2.24) is 15.2 Å². The summed E-state index contributed by atoms with van der Waals surface area (Å²) < 4.78 is 0. The van der Waals surface area contributed by atoms with Crippen LogP contribution in [-0.2, 0) is 0 Å². The van der Waals surface area contributed by atoms with Gasteiger partial charge in [0.1, 0.15) is 0 Å². The summed E-state index contributed by atoms with van der Waals surface area (Å²) in [7, 11) is 0. The molecule has 1 atom stereocenters. The van der Waals surface area contributed by atoms with Crippen LogP contribution in [0.2, 0.25) is 0 Å². The highest BCUT2D eigenvalue weighted by atomic mass is 35.5. The zero-order valence-electron chi connectivity index (χ0n) is 11.7. The Hall–Kier alpha value is -0.350. The molecule has 1 N–H and O–H groups in total. The molecule has 1 aromatic heterocycles. The maximum absolute atomic E-state index is 4.27. The van der Waals surface area contributed by atoms with E-state index in [9.17, 15) is 0 Å².